The van der Waals surface area contributed by atoms with Crippen LogP contribution in [0.5, 0.6) is 17.2 Å². The van der Waals surface area contributed by atoms with Crippen molar-refractivity contribution in [3.05, 3.63) is 53.6 Å². The number of ether oxygens (including phenoxy) is 3. The zero-order valence-corrected chi connectivity index (χ0v) is 11.1. The molecule has 0 saturated carbocycles. The quantitative estimate of drug-likeness (QED) is 0.801. The summed E-state index contributed by atoms with van der Waals surface area (Å²) in [5.41, 5.74) is 1.65. The molecule has 0 unspecified atom stereocenters. The van der Waals surface area contributed by atoms with Crippen molar-refractivity contribution in [2.45, 2.75) is 6.92 Å². The Morgan fingerprint density at radius 2 is 2.00 bits per heavy atom. The lowest BCUT2D eigenvalue weighted by Crippen LogP contribution is -2.11. The van der Waals surface area contributed by atoms with E-state index in [9.17, 15) is 4.79 Å². The van der Waals surface area contributed by atoms with Crippen LogP contribution in [0.4, 0.5) is 0 Å². The summed E-state index contributed by atoms with van der Waals surface area (Å²) in [4.78, 5) is 12.1. The summed E-state index contributed by atoms with van der Waals surface area (Å²) in [6.07, 6.45) is 0. The lowest BCUT2D eigenvalue weighted by Gasteiger charge is -2.06. The summed E-state index contributed by atoms with van der Waals surface area (Å²) in [7, 11) is 0. The van der Waals surface area contributed by atoms with Crippen molar-refractivity contribution in [1.29, 1.82) is 0 Å². The van der Waals surface area contributed by atoms with Gasteiger partial charge in [0, 0.05) is 5.56 Å². The highest BCUT2D eigenvalue weighted by Crippen LogP contribution is 2.32. The SMILES string of the molecule is Cc1cccc(OCC(=O)c2ccc3c(c2)OCO3)c1. The first-order valence-electron chi connectivity index (χ1n) is 6.35. The van der Waals surface area contributed by atoms with Crippen molar-refractivity contribution < 1.29 is 19.0 Å². The number of hydrogen-bond acceptors (Lipinski definition) is 4. The van der Waals surface area contributed by atoms with E-state index in [-0.39, 0.29) is 19.2 Å². The molecule has 4 nitrogen and oxygen atoms in total. The minimum absolute atomic E-state index is 0.00307. The Hall–Kier alpha value is -2.49. The molecule has 0 aliphatic carbocycles. The smallest absolute Gasteiger partial charge is 0.231 e. The van der Waals surface area contributed by atoms with Gasteiger partial charge in [0.25, 0.3) is 0 Å². The number of carbonyl (C=O) groups is 1. The Labute approximate surface area is 116 Å². The molecule has 2 aromatic carbocycles. The molecule has 0 aromatic heterocycles. The maximum Gasteiger partial charge on any atom is 0.231 e. The first-order valence-corrected chi connectivity index (χ1v) is 6.35. The van der Waals surface area contributed by atoms with Crippen molar-refractivity contribution in [3.8, 4) is 17.2 Å². The summed E-state index contributed by atoms with van der Waals surface area (Å²) >= 11 is 0. The third-order valence-electron chi connectivity index (χ3n) is 3.05. The van der Waals surface area contributed by atoms with E-state index in [2.05, 4.69) is 0 Å². The van der Waals surface area contributed by atoms with Gasteiger partial charge in [-0.15, -0.1) is 0 Å². The van der Waals surface area contributed by atoms with E-state index in [1.807, 2.05) is 31.2 Å². The van der Waals surface area contributed by atoms with Crippen LogP contribution < -0.4 is 14.2 Å². The molecule has 20 heavy (non-hydrogen) atoms. The van der Waals surface area contributed by atoms with Crippen molar-refractivity contribution >= 4 is 5.78 Å². The molecule has 0 amide bonds. The predicted octanol–water partition coefficient (Wildman–Crippen LogP) is 2.99. The Kier molecular flexibility index (Phi) is 3.29. The highest BCUT2D eigenvalue weighted by Gasteiger charge is 2.16. The molecule has 0 fully saturated rings. The lowest BCUT2D eigenvalue weighted by atomic mass is 10.1. The van der Waals surface area contributed by atoms with Gasteiger partial charge in [0.05, 0.1) is 0 Å². The van der Waals surface area contributed by atoms with E-state index >= 15 is 0 Å². The number of fused-ring (bicyclic) bond motifs is 1. The van der Waals surface area contributed by atoms with Gasteiger partial charge in [0.15, 0.2) is 23.9 Å². The Morgan fingerprint density at radius 3 is 2.85 bits per heavy atom. The molecule has 0 saturated heterocycles. The summed E-state index contributed by atoms with van der Waals surface area (Å²) in [5, 5.41) is 0. The Balaban J connectivity index is 1.67. The molecule has 1 heterocycles. The molecule has 0 N–H and O–H groups in total. The van der Waals surface area contributed by atoms with Crippen LogP contribution >= 0.6 is 0 Å². The van der Waals surface area contributed by atoms with Gasteiger partial charge in [-0.1, -0.05) is 12.1 Å². The first kappa shape index (κ1) is 12.5. The van der Waals surface area contributed by atoms with Crippen LogP contribution in [0.2, 0.25) is 0 Å². The monoisotopic (exact) mass is 270 g/mol. The standard InChI is InChI=1S/C16H14O4/c1-11-3-2-4-13(7-11)18-9-14(17)12-5-6-15-16(8-12)20-10-19-15/h2-8H,9-10H2,1H3. The minimum atomic E-state index is -0.0928. The largest absolute Gasteiger partial charge is 0.485 e. The average Bonchev–Trinajstić information content (AvgIpc) is 2.92. The van der Waals surface area contributed by atoms with E-state index in [1.165, 1.54) is 0 Å². The topological polar surface area (TPSA) is 44.8 Å². The van der Waals surface area contributed by atoms with Gasteiger partial charge in [-0.05, 0) is 42.8 Å². The average molecular weight is 270 g/mol. The van der Waals surface area contributed by atoms with Gasteiger partial charge < -0.3 is 14.2 Å². The molecule has 1 aliphatic rings. The van der Waals surface area contributed by atoms with Crippen LogP contribution in [0.3, 0.4) is 0 Å². The van der Waals surface area contributed by atoms with Crippen LogP contribution in [-0.2, 0) is 0 Å². The van der Waals surface area contributed by atoms with Crippen LogP contribution in [0, 0.1) is 6.92 Å². The first-order chi connectivity index (χ1) is 9.72. The van der Waals surface area contributed by atoms with E-state index in [4.69, 9.17) is 14.2 Å². The van der Waals surface area contributed by atoms with Crippen molar-refractivity contribution in [2.75, 3.05) is 13.4 Å². The number of carbonyl (C=O) groups excluding carboxylic acids is 1. The second-order valence-corrected chi connectivity index (χ2v) is 4.60. The number of hydrogen-bond donors (Lipinski definition) is 0. The van der Waals surface area contributed by atoms with Crippen molar-refractivity contribution in [3.63, 3.8) is 0 Å². The van der Waals surface area contributed by atoms with Gasteiger partial charge in [0.1, 0.15) is 5.75 Å². The predicted molar refractivity (Wildman–Crippen MR) is 73.6 cm³/mol. The Morgan fingerprint density at radius 1 is 1.15 bits per heavy atom. The highest BCUT2D eigenvalue weighted by molar-refractivity contribution is 5.97. The lowest BCUT2D eigenvalue weighted by molar-refractivity contribution is 0.0921. The molecular formula is C16H14O4. The molecule has 0 atom stereocenters. The van der Waals surface area contributed by atoms with E-state index < -0.39 is 0 Å². The number of benzene rings is 2. The van der Waals surface area contributed by atoms with Gasteiger partial charge in [0.2, 0.25) is 6.79 Å². The molecule has 4 heteroatoms. The molecule has 0 radical (unpaired) electrons. The normalized spacial score (nSPS) is 12.2. The summed E-state index contributed by atoms with van der Waals surface area (Å²) < 4.78 is 16.0. The number of rotatable bonds is 4. The van der Waals surface area contributed by atoms with Gasteiger partial charge in [-0.25, -0.2) is 0 Å². The van der Waals surface area contributed by atoms with E-state index in [0.717, 1.165) is 5.56 Å². The third kappa shape index (κ3) is 2.59. The zero-order valence-electron chi connectivity index (χ0n) is 11.1. The maximum atomic E-state index is 12.1. The van der Waals surface area contributed by atoms with Crippen LogP contribution in [0.25, 0.3) is 0 Å². The Bertz CT molecular complexity index is 649. The van der Waals surface area contributed by atoms with Crippen molar-refractivity contribution in [2.24, 2.45) is 0 Å². The fourth-order valence-corrected chi connectivity index (χ4v) is 2.01. The number of Topliss-reactive ketones (excluding diaryl/α,β-unsaturated/α-hetero) is 1. The van der Waals surface area contributed by atoms with E-state index in [1.54, 1.807) is 18.2 Å². The molecule has 1 aliphatic heterocycles. The minimum Gasteiger partial charge on any atom is -0.485 e. The van der Waals surface area contributed by atoms with Gasteiger partial charge in [-0.3, -0.25) is 4.79 Å². The number of ketones is 1. The van der Waals surface area contributed by atoms with Crippen LogP contribution in [-0.4, -0.2) is 19.2 Å². The fourth-order valence-electron chi connectivity index (χ4n) is 2.01. The third-order valence-corrected chi connectivity index (χ3v) is 3.05. The summed E-state index contributed by atoms with van der Waals surface area (Å²) in [5.74, 6) is 1.87. The van der Waals surface area contributed by atoms with Gasteiger partial charge in [-0.2, -0.15) is 0 Å². The van der Waals surface area contributed by atoms with E-state index in [0.29, 0.717) is 22.8 Å². The molecule has 0 bridgehead atoms. The second-order valence-electron chi connectivity index (χ2n) is 4.60. The molecule has 102 valence electrons. The maximum absolute atomic E-state index is 12.1. The molecule has 2 aromatic rings. The van der Waals surface area contributed by atoms with Crippen LogP contribution in [0.1, 0.15) is 15.9 Å². The molecule has 3 rings (SSSR count). The van der Waals surface area contributed by atoms with Crippen molar-refractivity contribution in [1.82, 2.24) is 0 Å². The summed E-state index contributed by atoms with van der Waals surface area (Å²) in [6.45, 7) is 2.18. The highest BCUT2D eigenvalue weighted by atomic mass is 16.7. The zero-order chi connectivity index (χ0) is 13.9. The van der Waals surface area contributed by atoms with Gasteiger partial charge >= 0.3 is 0 Å². The molecule has 0 spiro atoms. The molecular weight excluding hydrogens is 256 g/mol. The second kappa shape index (κ2) is 5.25. The summed E-state index contributed by atoms with van der Waals surface area (Å²) in [6, 6.07) is 12.7. The number of aryl methyl sites for hydroxylation is 1. The van der Waals surface area contributed by atoms with Crippen LogP contribution in [0.15, 0.2) is 42.5 Å². The fraction of sp³-hybridized carbons (Fsp3) is 0.188.